The van der Waals surface area contributed by atoms with E-state index in [0.717, 1.165) is 17.5 Å². The molecule has 26 heavy (non-hydrogen) atoms. The number of rotatable bonds is 4. The molecule has 0 radical (unpaired) electrons. The summed E-state index contributed by atoms with van der Waals surface area (Å²) in [6.45, 7) is 0. The molecule has 0 saturated carbocycles. The molecule has 1 aliphatic rings. The highest BCUT2D eigenvalue weighted by Gasteiger charge is 2.27. The van der Waals surface area contributed by atoms with Gasteiger partial charge in [0, 0.05) is 5.56 Å². The van der Waals surface area contributed by atoms with E-state index in [2.05, 4.69) is 35.4 Å². The van der Waals surface area contributed by atoms with Gasteiger partial charge in [0.2, 0.25) is 5.82 Å². The van der Waals surface area contributed by atoms with Crippen molar-refractivity contribution in [2.75, 3.05) is 0 Å². The molecule has 0 fully saturated rings. The van der Waals surface area contributed by atoms with E-state index in [1.54, 1.807) is 13.1 Å². The third-order valence-corrected chi connectivity index (χ3v) is 4.12. The second-order valence-electron chi connectivity index (χ2n) is 5.84. The van der Waals surface area contributed by atoms with Crippen LogP contribution < -0.4 is 5.32 Å². The van der Waals surface area contributed by atoms with E-state index < -0.39 is 18.2 Å². The molecule has 1 unspecified atom stereocenters. The van der Waals surface area contributed by atoms with Crippen molar-refractivity contribution in [3.8, 4) is 11.4 Å². The van der Waals surface area contributed by atoms with Gasteiger partial charge in [-0.3, -0.25) is 4.79 Å². The molecule has 0 saturated heterocycles. The zero-order valence-electron chi connectivity index (χ0n) is 13.6. The van der Waals surface area contributed by atoms with E-state index in [1.165, 1.54) is 4.80 Å². The zero-order valence-corrected chi connectivity index (χ0v) is 13.6. The molecule has 2 heterocycles. The van der Waals surface area contributed by atoms with Gasteiger partial charge in [-0.05, 0) is 35.2 Å². The molecule has 0 aliphatic heterocycles. The molecule has 1 aromatic carbocycles. The van der Waals surface area contributed by atoms with Gasteiger partial charge in [0.1, 0.15) is 0 Å². The van der Waals surface area contributed by atoms with Crippen LogP contribution >= 0.6 is 0 Å². The number of fused-ring (bicyclic) bond motifs is 1. The SMILES string of the molecule is Cn1nnc(C(=O)NC2CCc3cc(-c4noc(C(F)F)n4)ccc32)n1. The quantitative estimate of drug-likeness (QED) is 0.751. The van der Waals surface area contributed by atoms with E-state index in [1.807, 2.05) is 12.1 Å². The average Bonchev–Trinajstić information content (AvgIpc) is 3.34. The molecule has 1 atom stereocenters. The van der Waals surface area contributed by atoms with Crippen LogP contribution in [-0.2, 0) is 13.5 Å². The van der Waals surface area contributed by atoms with Crippen LogP contribution in [0.4, 0.5) is 8.78 Å². The van der Waals surface area contributed by atoms with Gasteiger partial charge in [-0.1, -0.05) is 17.3 Å². The molecular weight excluding hydrogens is 348 g/mol. The highest BCUT2D eigenvalue weighted by molar-refractivity contribution is 5.90. The zero-order chi connectivity index (χ0) is 18.3. The molecule has 11 heteroatoms. The standard InChI is InChI=1S/C15H13F2N7O2/c1-24-21-13(20-23-24)14(25)18-10-5-3-7-6-8(2-4-9(7)10)12-19-15(11(16)17)26-22-12/h2,4,6,10-11H,3,5H2,1H3,(H,18,25). The second-order valence-corrected chi connectivity index (χ2v) is 5.84. The minimum atomic E-state index is -2.81. The highest BCUT2D eigenvalue weighted by atomic mass is 19.3. The van der Waals surface area contributed by atoms with E-state index >= 15 is 0 Å². The van der Waals surface area contributed by atoms with Crippen LogP contribution in [-0.4, -0.2) is 36.3 Å². The van der Waals surface area contributed by atoms with Crippen molar-refractivity contribution in [2.24, 2.45) is 7.05 Å². The Bertz CT molecular complexity index is 969. The molecule has 3 aromatic rings. The number of aromatic nitrogens is 6. The van der Waals surface area contributed by atoms with Crippen LogP contribution in [0.1, 0.15) is 46.5 Å². The normalized spacial score (nSPS) is 16.1. The number of benzene rings is 1. The van der Waals surface area contributed by atoms with Crippen LogP contribution in [0.5, 0.6) is 0 Å². The fraction of sp³-hybridized carbons (Fsp3) is 0.333. The summed E-state index contributed by atoms with van der Waals surface area (Å²) in [6, 6.07) is 5.18. The minimum Gasteiger partial charge on any atom is -0.342 e. The number of nitrogens with one attached hydrogen (secondary N) is 1. The second kappa shape index (κ2) is 6.24. The summed E-state index contributed by atoms with van der Waals surface area (Å²) in [5, 5.41) is 17.7. The Kier molecular flexibility index (Phi) is 3.90. The van der Waals surface area contributed by atoms with E-state index in [9.17, 15) is 13.6 Å². The first kappa shape index (κ1) is 16.2. The Hall–Kier alpha value is -3.24. The maximum Gasteiger partial charge on any atom is 0.315 e. The summed E-state index contributed by atoms with van der Waals surface area (Å²) in [4.78, 5) is 17.1. The smallest absolute Gasteiger partial charge is 0.315 e. The van der Waals surface area contributed by atoms with E-state index in [-0.39, 0.29) is 17.7 Å². The number of hydrogen-bond acceptors (Lipinski definition) is 7. The lowest BCUT2D eigenvalue weighted by Gasteiger charge is -2.12. The fourth-order valence-electron chi connectivity index (χ4n) is 2.95. The largest absolute Gasteiger partial charge is 0.342 e. The first-order chi connectivity index (χ1) is 12.5. The number of hydrogen-bond donors (Lipinski definition) is 1. The third kappa shape index (κ3) is 2.91. The lowest BCUT2D eigenvalue weighted by atomic mass is 10.0. The molecule has 1 aliphatic carbocycles. The number of tetrazole rings is 1. The predicted octanol–water partition coefficient (Wildman–Crippen LogP) is 1.61. The van der Waals surface area contributed by atoms with E-state index in [0.29, 0.717) is 12.0 Å². The van der Waals surface area contributed by atoms with Crippen LogP contribution in [0.2, 0.25) is 0 Å². The summed E-state index contributed by atoms with van der Waals surface area (Å²) >= 11 is 0. The van der Waals surface area contributed by atoms with Gasteiger partial charge in [-0.15, -0.1) is 10.2 Å². The molecule has 0 spiro atoms. The summed E-state index contributed by atoms with van der Waals surface area (Å²) in [5.41, 5.74) is 2.52. The van der Waals surface area contributed by atoms with Crippen molar-refractivity contribution in [2.45, 2.75) is 25.3 Å². The number of carbonyl (C=O) groups is 1. The minimum absolute atomic E-state index is 0.00361. The molecule has 0 bridgehead atoms. The molecule has 134 valence electrons. The Morgan fingerprint density at radius 1 is 1.42 bits per heavy atom. The molecular formula is C15H13F2N7O2. The highest BCUT2D eigenvalue weighted by Crippen LogP contribution is 2.34. The Labute approximate surface area is 145 Å². The maximum atomic E-state index is 12.6. The van der Waals surface area contributed by atoms with Crippen molar-refractivity contribution in [3.05, 3.63) is 41.0 Å². The molecule has 9 nitrogen and oxygen atoms in total. The number of aryl methyl sites for hydroxylation is 2. The van der Waals surface area contributed by atoms with Crippen LogP contribution in [0.3, 0.4) is 0 Å². The number of alkyl halides is 2. The number of carbonyl (C=O) groups excluding carboxylic acids is 1. The van der Waals surface area contributed by atoms with Crippen molar-refractivity contribution in [3.63, 3.8) is 0 Å². The summed E-state index contributed by atoms with van der Waals surface area (Å²) in [6.07, 6.45) is -1.37. The maximum absolute atomic E-state index is 12.6. The lowest BCUT2D eigenvalue weighted by Crippen LogP contribution is -2.28. The van der Waals surface area contributed by atoms with Crippen LogP contribution in [0.25, 0.3) is 11.4 Å². The number of nitrogens with zero attached hydrogens (tertiary/aromatic N) is 6. The molecule has 2 aromatic heterocycles. The molecule has 1 amide bonds. The predicted molar refractivity (Wildman–Crippen MR) is 82.0 cm³/mol. The molecule has 1 N–H and O–H groups in total. The molecule has 4 rings (SSSR count). The summed E-state index contributed by atoms with van der Waals surface area (Å²) in [5.74, 6) is -0.995. The van der Waals surface area contributed by atoms with Gasteiger partial charge in [-0.25, -0.2) is 0 Å². The fourth-order valence-corrected chi connectivity index (χ4v) is 2.95. The van der Waals surface area contributed by atoms with Gasteiger partial charge < -0.3 is 9.84 Å². The third-order valence-electron chi connectivity index (χ3n) is 4.12. The van der Waals surface area contributed by atoms with Gasteiger partial charge in [0.05, 0.1) is 13.1 Å². The topological polar surface area (TPSA) is 112 Å². The van der Waals surface area contributed by atoms with E-state index in [4.69, 9.17) is 0 Å². The Morgan fingerprint density at radius 2 is 2.27 bits per heavy atom. The average molecular weight is 361 g/mol. The van der Waals surface area contributed by atoms with Crippen LogP contribution in [0, 0.1) is 0 Å². The van der Waals surface area contributed by atoms with Crippen molar-refractivity contribution < 1.29 is 18.1 Å². The summed E-state index contributed by atoms with van der Waals surface area (Å²) < 4.78 is 29.7. The lowest BCUT2D eigenvalue weighted by molar-refractivity contribution is 0.0925. The van der Waals surface area contributed by atoms with Crippen LogP contribution in [0.15, 0.2) is 22.7 Å². The summed E-state index contributed by atoms with van der Waals surface area (Å²) in [7, 11) is 1.58. The van der Waals surface area contributed by atoms with Crippen molar-refractivity contribution >= 4 is 5.91 Å². The number of halogens is 2. The first-order valence-corrected chi connectivity index (χ1v) is 7.81. The Morgan fingerprint density at radius 3 is 2.96 bits per heavy atom. The monoisotopic (exact) mass is 361 g/mol. The number of amides is 1. The van der Waals surface area contributed by atoms with Gasteiger partial charge >= 0.3 is 6.43 Å². The van der Waals surface area contributed by atoms with Gasteiger partial charge in [-0.2, -0.15) is 18.6 Å². The first-order valence-electron chi connectivity index (χ1n) is 7.81. The Balaban J connectivity index is 1.53. The van der Waals surface area contributed by atoms with Gasteiger partial charge in [0.15, 0.2) is 0 Å². The van der Waals surface area contributed by atoms with Gasteiger partial charge in [0.25, 0.3) is 17.6 Å². The van der Waals surface area contributed by atoms with Crippen molar-refractivity contribution in [1.82, 2.24) is 35.7 Å². The van der Waals surface area contributed by atoms with Crippen molar-refractivity contribution in [1.29, 1.82) is 0 Å².